The first kappa shape index (κ1) is 15.8. The molecule has 0 unspecified atom stereocenters. The molecule has 0 aliphatic rings. The Morgan fingerprint density at radius 3 is 2.95 bits per heavy atom. The maximum atomic E-state index is 11.1. The number of hydrogen-bond acceptors (Lipinski definition) is 4. The van der Waals surface area contributed by atoms with Gasteiger partial charge in [0.25, 0.3) is 0 Å². The Morgan fingerprint density at radius 2 is 2.21 bits per heavy atom. The molecule has 0 aliphatic heterocycles. The molecule has 1 aromatic rings. The predicted molar refractivity (Wildman–Crippen MR) is 75.4 cm³/mol. The highest BCUT2D eigenvalue weighted by molar-refractivity contribution is 9.09. The zero-order valence-electron chi connectivity index (χ0n) is 10.9. The average molecular weight is 329 g/mol. The molecule has 0 N–H and O–H groups in total. The van der Waals surface area contributed by atoms with Gasteiger partial charge in [-0.2, -0.15) is 0 Å². The Morgan fingerprint density at radius 1 is 1.37 bits per heavy atom. The van der Waals surface area contributed by atoms with E-state index in [-0.39, 0.29) is 5.76 Å². The minimum atomic E-state index is -0.504. The second kappa shape index (κ2) is 9.65. The number of carbonyl (C=O) groups is 1. The van der Waals surface area contributed by atoms with E-state index in [2.05, 4.69) is 32.5 Å². The first-order chi connectivity index (χ1) is 9.27. The van der Waals surface area contributed by atoms with Crippen molar-refractivity contribution in [1.29, 1.82) is 0 Å². The smallest absolute Gasteiger partial charge is 0.374 e. The predicted octanol–water partition coefficient (Wildman–Crippen LogP) is 3.00. The summed E-state index contributed by atoms with van der Waals surface area (Å²) in [6.07, 6.45) is 3.36. The van der Waals surface area contributed by atoms with E-state index in [4.69, 9.17) is 9.15 Å². The third-order valence-corrected chi connectivity index (χ3v) is 2.86. The van der Waals surface area contributed by atoms with Crippen molar-refractivity contribution in [3.63, 3.8) is 0 Å². The number of unbranched alkanes of at least 4 members (excludes halogenated alkanes) is 2. The van der Waals surface area contributed by atoms with Gasteiger partial charge in [-0.05, 0) is 30.9 Å². The van der Waals surface area contributed by atoms with Gasteiger partial charge >= 0.3 is 5.97 Å². The van der Waals surface area contributed by atoms with Crippen LogP contribution in [0, 0.1) is 11.8 Å². The van der Waals surface area contributed by atoms with Crippen LogP contribution in [0.15, 0.2) is 16.5 Å². The van der Waals surface area contributed by atoms with Gasteiger partial charge < -0.3 is 13.9 Å². The average Bonchev–Trinajstić information content (AvgIpc) is 2.89. The molecule has 1 aromatic heterocycles. The normalized spacial score (nSPS) is 9.79. The third kappa shape index (κ3) is 6.46. The number of ether oxygens (including phenoxy) is 2. The van der Waals surface area contributed by atoms with E-state index in [1.54, 1.807) is 6.07 Å². The summed E-state index contributed by atoms with van der Waals surface area (Å²) in [4.78, 5) is 11.1. The number of halogens is 1. The molecule has 0 aromatic carbocycles. The molecule has 0 bridgehead atoms. The molecule has 0 amide bonds. The Hall–Kier alpha value is -1.25. The second-order valence-electron chi connectivity index (χ2n) is 3.76. The maximum absolute atomic E-state index is 11.1. The van der Waals surface area contributed by atoms with E-state index in [1.807, 2.05) is 0 Å². The van der Waals surface area contributed by atoms with Crippen molar-refractivity contribution in [2.75, 3.05) is 25.7 Å². The van der Waals surface area contributed by atoms with Crippen molar-refractivity contribution in [2.45, 2.75) is 19.3 Å². The van der Waals surface area contributed by atoms with Gasteiger partial charge in [0.05, 0.1) is 7.11 Å². The van der Waals surface area contributed by atoms with Gasteiger partial charge in [0.15, 0.2) is 5.76 Å². The maximum Gasteiger partial charge on any atom is 0.374 e. The van der Waals surface area contributed by atoms with E-state index in [0.717, 1.165) is 24.6 Å². The Balaban J connectivity index is 2.23. The fourth-order valence-electron chi connectivity index (χ4n) is 1.34. The van der Waals surface area contributed by atoms with Crippen molar-refractivity contribution in [1.82, 2.24) is 0 Å². The van der Waals surface area contributed by atoms with Crippen LogP contribution in [-0.2, 0) is 9.47 Å². The number of carbonyl (C=O) groups excluding carboxylic acids is 1. The van der Waals surface area contributed by atoms with Crippen LogP contribution in [0.2, 0.25) is 0 Å². The molecule has 19 heavy (non-hydrogen) atoms. The van der Waals surface area contributed by atoms with E-state index in [0.29, 0.717) is 19.0 Å². The molecular weight excluding hydrogens is 312 g/mol. The minimum Gasteiger partial charge on any atom is -0.463 e. The van der Waals surface area contributed by atoms with Gasteiger partial charge in [-0.3, -0.25) is 0 Å². The lowest BCUT2D eigenvalue weighted by atomic mass is 10.3. The molecule has 0 aliphatic carbocycles. The summed E-state index contributed by atoms with van der Waals surface area (Å²) in [7, 11) is 1.31. The number of furan rings is 1. The summed E-state index contributed by atoms with van der Waals surface area (Å²) in [5.41, 5.74) is 0. The van der Waals surface area contributed by atoms with Gasteiger partial charge in [-0.15, -0.1) is 0 Å². The standard InChI is InChI=1S/C14H17BrO4/c1-17-14(16)13-8-7-12(19-13)6-5-11-18-10-4-2-3-9-15/h7-8H,2-4,9-11H2,1H3. The molecule has 104 valence electrons. The fraction of sp³-hybridized carbons (Fsp3) is 0.500. The summed E-state index contributed by atoms with van der Waals surface area (Å²) in [5, 5.41) is 1.04. The van der Waals surface area contributed by atoms with Gasteiger partial charge in [0.1, 0.15) is 6.61 Å². The zero-order chi connectivity index (χ0) is 13.9. The molecule has 0 radical (unpaired) electrons. The Labute approximate surface area is 121 Å². The Kier molecular flexibility index (Phi) is 8.03. The van der Waals surface area contributed by atoms with Crippen LogP contribution in [-0.4, -0.2) is 31.6 Å². The third-order valence-electron chi connectivity index (χ3n) is 2.30. The molecule has 0 saturated heterocycles. The number of rotatable bonds is 7. The minimum absolute atomic E-state index is 0.155. The molecular formula is C14H17BrO4. The van der Waals surface area contributed by atoms with E-state index < -0.39 is 5.97 Å². The molecule has 1 heterocycles. The number of esters is 1. The number of hydrogen-bond donors (Lipinski definition) is 0. The van der Waals surface area contributed by atoms with Crippen molar-refractivity contribution < 1.29 is 18.7 Å². The fourth-order valence-corrected chi connectivity index (χ4v) is 1.73. The molecule has 1 rings (SSSR count). The summed E-state index contributed by atoms with van der Waals surface area (Å²) >= 11 is 3.38. The van der Waals surface area contributed by atoms with Crippen LogP contribution in [0.25, 0.3) is 0 Å². The van der Waals surface area contributed by atoms with Gasteiger partial charge in [0, 0.05) is 11.9 Å². The highest BCUT2D eigenvalue weighted by Crippen LogP contribution is 2.07. The van der Waals surface area contributed by atoms with Gasteiger partial charge in [-0.1, -0.05) is 28.3 Å². The molecule has 0 saturated carbocycles. The van der Waals surface area contributed by atoms with Gasteiger partial charge in [0.2, 0.25) is 5.76 Å². The molecule has 0 fully saturated rings. The first-order valence-electron chi connectivity index (χ1n) is 6.08. The van der Waals surface area contributed by atoms with Crippen LogP contribution >= 0.6 is 15.9 Å². The van der Waals surface area contributed by atoms with E-state index in [9.17, 15) is 4.79 Å². The topological polar surface area (TPSA) is 48.7 Å². The lowest BCUT2D eigenvalue weighted by molar-refractivity contribution is 0.0564. The van der Waals surface area contributed by atoms with Crippen molar-refractivity contribution in [2.24, 2.45) is 0 Å². The van der Waals surface area contributed by atoms with Crippen molar-refractivity contribution in [3.05, 3.63) is 23.7 Å². The lowest BCUT2D eigenvalue weighted by Gasteiger charge is -1.98. The zero-order valence-corrected chi connectivity index (χ0v) is 12.5. The molecule has 5 heteroatoms. The molecule has 4 nitrogen and oxygen atoms in total. The summed E-state index contributed by atoms with van der Waals surface area (Å²) in [6, 6.07) is 3.17. The monoisotopic (exact) mass is 328 g/mol. The number of alkyl halides is 1. The summed E-state index contributed by atoms with van der Waals surface area (Å²) in [5.74, 6) is 5.71. The van der Waals surface area contributed by atoms with E-state index in [1.165, 1.54) is 13.2 Å². The highest BCUT2D eigenvalue weighted by Gasteiger charge is 2.09. The molecule has 0 spiro atoms. The van der Waals surface area contributed by atoms with Crippen LogP contribution in [0.4, 0.5) is 0 Å². The lowest BCUT2D eigenvalue weighted by Crippen LogP contribution is -1.98. The quantitative estimate of drug-likeness (QED) is 0.334. The van der Waals surface area contributed by atoms with Crippen molar-refractivity contribution >= 4 is 21.9 Å². The summed E-state index contributed by atoms with van der Waals surface area (Å²) in [6.45, 7) is 1.08. The summed E-state index contributed by atoms with van der Waals surface area (Å²) < 4.78 is 15.1. The first-order valence-corrected chi connectivity index (χ1v) is 7.21. The second-order valence-corrected chi connectivity index (χ2v) is 4.55. The van der Waals surface area contributed by atoms with Crippen LogP contribution in [0.1, 0.15) is 35.6 Å². The van der Waals surface area contributed by atoms with Crippen LogP contribution in [0.3, 0.4) is 0 Å². The van der Waals surface area contributed by atoms with Crippen molar-refractivity contribution in [3.8, 4) is 11.8 Å². The van der Waals surface area contributed by atoms with Gasteiger partial charge in [-0.25, -0.2) is 4.79 Å². The SMILES string of the molecule is COC(=O)c1ccc(C#CCOCCCCCBr)o1. The van der Waals surface area contributed by atoms with Crippen LogP contribution in [0.5, 0.6) is 0 Å². The molecule has 0 atom stereocenters. The van der Waals surface area contributed by atoms with Crippen LogP contribution < -0.4 is 0 Å². The van der Waals surface area contributed by atoms with E-state index >= 15 is 0 Å². The Bertz CT molecular complexity index is 442. The number of methoxy groups -OCH3 is 1. The highest BCUT2D eigenvalue weighted by atomic mass is 79.9. The largest absolute Gasteiger partial charge is 0.463 e.